The predicted octanol–water partition coefficient (Wildman–Crippen LogP) is 4.03. The highest BCUT2D eigenvalue weighted by molar-refractivity contribution is 5.93. The summed E-state index contributed by atoms with van der Waals surface area (Å²) in [6, 6.07) is 20.6. The molecule has 1 amide bonds. The molecule has 0 unspecified atom stereocenters. The second-order valence-electron chi connectivity index (χ2n) is 7.08. The van der Waals surface area contributed by atoms with E-state index in [1.165, 1.54) is 0 Å². The van der Waals surface area contributed by atoms with Gasteiger partial charge in [-0.1, -0.05) is 24.3 Å². The van der Waals surface area contributed by atoms with Gasteiger partial charge in [0.25, 0.3) is 0 Å². The van der Waals surface area contributed by atoms with Gasteiger partial charge in [-0.2, -0.15) is 10.4 Å². The smallest absolute Gasteiger partial charge is 0.248 e. The third-order valence-electron chi connectivity index (χ3n) is 5.22. The first-order valence-electron chi connectivity index (χ1n) is 9.55. The molecule has 0 spiro atoms. The molecule has 0 aliphatic rings. The summed E-state index contributed by atoms with van der Waals surface area (Å²) in [6.45, 7) is 0. The summed E-state index contributed by atoms with van der Waals surface area (Å²) in [6.07, 6.45) is 5.60. The van der Waals surface area contributed by atoms with E-state index in [9.17, 15) is 4.79 Å². The highest BCUT2D eigenvalue weighted by Gasteiger charge is 2.13. The summed E-state index contributed by atoms with van der Waals surface area (Å²) >= 11 is 0. The second-order valence-corrected chi connectivity index (χ2v) is 7.08. The Kier molecular flexibility index (Phi) is 4.31. The van der Waals surface area contributed by atoms with Gasteiger partial charge in [-0.3, -0.25) is 14.3 Å². The van der Waals surface area contributed by atoms with Crippen molar-refractivity contribution in [3.63, 3.8) is 0 Å². The molecule has 7 nitrogen and oxygen atoms in total. The molecular weight excluding hydrogens is 388 g/mol. The molecule has 0 atom stereocenters. The van der Waals surface area contributed by atoms with E-state index in [4.69, 9.17) is 11.0 Å². The monoisotopic (exact) mass is 404 g/mol. The van der Waals surface area contributed by atoms with Crippen LogP contribution in [0.5, 0.6) is 0 Å². The lowest BCUT2D eigenvalue weighted by Gasteiger charge is -2.07. The molecule has 3 heterocycles. The number of carbonyl (C=O) groups excluding carboxylic acids is 1. The number of hydrogen-bond acceptors (Lipinski definition) is 4. The standard InChI is InChI=1S/C24H16N6O/c25-11-15-1-3-17(4-2-15)23-20(12-28-29-23)19-9-10-22-27-13-21(30(22)14-19)16-5-7-18(8-6-16)24(26)31/h1-10,12-14H,(H2,26,31)(H,28,29). The molecule has 5 rings (SSSR count). The van der Waals surface area contributed by atoms with Gasteiger partial charge in [-0.25, -0.2) is 4.98 Å². The van der Waals surface area contributed by atoms with Crippen LogP contribution in [0.4, 0.5) is 0 Å². The van der Waals surface area contributed by atoms with Crippen molar-refractivity contribution in [3.8, 4) is 39.7 Å². The van der Waals surface area contributed by atoms with E-state index in [0.29, 0.717) is 11.1 Å². The molecule has 0 saturated heterocycles. The number of rotatable bonds is 4. The van der Waals surface area contributed by atoms with Crippen molar-refractivity contribution >= 4 is 11.6 Å². The molecule has 0 fully saturated rings. The summed E-state index contributed by atoms with van der Waals surface area (Å²) < 4.78 is 2.00. The van der Waals surface area contributed by atoms with Crippen LogP contribution in [0.15, 0.2) is 79.3 Å². The van der Waals surface area contributed by atoms with Crippen LogP contribution in [0.25, 0.3) is 39.3 Å². The number of nitrogens with two attached hydrogens (primary N) is 1. The number of nitrogens with zero attached hydrogens (tertiary/aromatic N) is 4. The Bertz CT molecular complexity index is 1450. The largest absolute Gasteiger partial charge is 0.366 e. The molecular formula is C24H16N6O. The number of benzene rings is 2. The van der Waals surface area contributed by atoms with Gasteiger partial charge in [0.15, 0.2) is 0 Å². The molecule has 0 saturated carbocycles. The lowest BCUT2D eigenvalue weighted by atomic mass is 10.0. The van der Waals surface area contributed by atoms with Crippen molar-refractivity contribution in [2.75, 3.05) is 0 Å². The Morgan fingerprint density at radius 3 is 2.35 bits per heavy atom. The number of aromatic amines is 1. The number of imidazole rings is 1. The molecule has 0 radical (unpaired) electrons. The van der Waals surface area contributed by atoms with Crippen LogP contribution in [0.1, 0.15) is 15.9 Å². The number of aromatic nitrogens is 4. The molecule has 0 aliphatic carbocycles. The number of nitriles is 1. The molecule has 2 aromatic carbocycles. The quantitative estimate of drug-likeness (QED) is 0.471. The first-order valence-corrected chi connectivity index (χ1v) is 9.55. The predicted molar refractivity (Wildman–Crippen MR) is 117 cm³/mol. The highest BCUT2D eigenvalue weighted by Crippen LogP contribution is 2.31. The zero-order valence-corrected chi connectivity index (χ0v) is 16.3. The van der Waals surface area contributed by atoms with E-state index in [1.807, 2.05) is 47.0 Å². The van der Waals surface area contributed by atoms with E-state index in [-0.39, 0.29) is 0 Å². The van der Waals surface area contributed by atoms with Crippen molar-refractivity contribution in [1.82, 2.24) is 19.6 Å². The van der Waals surface area contributed by atoms with E-state index in [1.54, 1.807) is 36.7 Å². The van der Waals surface area contributed by atoms with Gasteiger partial charge in [0, 0.05) is 34.0 Å². The summed E-state index contributed by atoms with van der Waals surface area (Å²) in [4.78, 5) is 15.8. The first kappa shape index (κ1) is 18.3. The Morgan fingerprint density at radius 2 is 1.65 bits per heavy atom. The average molecular weight is 404 g/mol. The fourth-order valence-corrected chi connectivity index (χ4v) is 3.60. The maximum absolute atomic E-state index is 11.4. The Balaban J connectivity index is 1.58. The number of carbonyl (C=O) groups is 1. The number of nitrogens with one attached hydrogen (secondary N) is 1. The number of hydrogen-bond donors (Lipinski definition) is 2. The van der Waals surface area contributed by atoms with Gasteiger partial charge in [0.05, 0.1) is 35.4 Å². The van der Waals surface area contributed by atoms with Gasteiger partial charge < -0.3 is 5.73 Å². The fraction of sp³-hybridized carbons (Fsp3) is 0. The Hall–Kier alpha value is -4.70. The third kappa shape index (κ3) is 3.22. The number of fused-ring (bicyclic) bond motifs is 1. The minimum absolute atomic E-state index is 0.456. The van der Waals surface area contributed by atoms with Gasteiger partial charge in [-0.05, 0) is 36.4 Å². The zero-order chi connectivity index (χ0) is 21.4. The van der Waals surface area contributed by atoms with E-state index >= 15 is 0 Å². The van der Waals surface area contributed by atoms with Crippen LogP contribution in [-0.4, -0.2) is 25.5 Å². The molecule has 0 bridgehead atoms. The Morgan fingerprint density at radius 1 is 0.935 bits per heavy atom. The first-order chi connectivity index (χ1) is 15.1. The second kappa shape index (κ2) is 7.28. The van der Waals surface area contributed by atoms with Crippen LogP contribution >= 0.6 is 0 Å². The average Bonchev–Trinajstić information content (AvgIpc) is 3.46. The van der Waals surface area contributed by atoms with Crippen LogP contribution in [0, 0.1) is 11.3 Å². The fourth-order valence-electron chi connectivity index (χ4n) is 3.60. The number of primary amides is 1. The van der Waals surface area contributed by atoms with Crippen LogP contribution in [0.3, 0.4) is 0 Å². The number of amides is 1. The summed E-state index contributed by atoms with van der Waals surface area (Å²) in [5.41, 5.74) is 12.8. The third-order valence-corrected chi connectivity index (χ3v) is 5.22. The highest BCUT2D eigenvalue weighted by atomic mass is 16.1. The number of H-pyrrole nitrogens is 1. The summed E-state index contributed by atoms with van der Waals surface area (Å²) in [7, 11) is 0. The van der Waals surface area contributed by atoms with Gasteiger partial charge >= 0.3 is 0 Å². The van der Waals surface area contributed by atoms with Crippen LogP contribution in [0.2, 0.25) is 0 Å². The summed E-state index contributed by atoms with van der Waals surface area (Å²) in [5.74, 6) is -0.456. The van der Waals surface area contributed by atoms with Gasteiger partial charge in [0.2, 0.25) is 5.91 Å². The maximum atomic E-state index is 11.4. The van der Waals surface area contributed by atoms with Crippen molar-refractivity contribution in [3.05, 3.63) is 90.4 Å². The van der Waals surface area contributed by atoms with Crippen molar-refractivity contribution in [2.24, 2.45) is 5.73 Å². The normalized spacial score (nSPS) is 10.8. The molecule has 7 heteroatoms. The molecule has 3 N–H and O–H groups in total. The van der Waals surface area contributed by atoms with Crippen molar-refractivity contribution in [2.45, 2.75) is 0 Å². The van der Waals surface area contributed by atoms with E-state index < -0.39 is 5.91 Å². The lowest BCUT2D eigenvalue weighted by Crippen LogP contribution is -2.10. The van der Waals surface area contributed by atoms with Gasteiger partial charge in [0.1, 0.15) is 5.65 Å². The maximum Gasteiger partial charge on any atom is 0.248 e. The zero-order valence-electron chi connectivity index (χ0n) is 16.3. The molecule has 5 aromatic rings. The lowest BCUT2D eigenvalue weighted by molar-refractivity contribution is 0.100. The molecule has 0 aliphatic heterocycles. The van der Waals surface area contributed by atoms with E-state index in [0.717, 1.165) is 39.3 Å². The molecule has 148 valence electrons. The van der Waals surface area contributed by atoms with Crippen LogP contribution in [-0.2, 0) is 0 Å². The minimum atomic E-state index is -0.456. The summed E-state index contributed by atoms with van der Waals surface area (Å²) in [5, 5.41) is 16.3. The number of pyridine rings is 1. The van der Waals surface area contributed by atoms with Crippen molar-refractivity contribution < 1.29 is 4.79 Å². The molecule has 3 aromatic heterocycles. The van der Waals surface area contributed by atoms with E-state index in [2.05, 4.69) is 21.3 Å². The topological polar surface area (TPSA) is 113 Å². The minimum Gasteiger partial charge on any atom is -0.366 e. The van der Waals surface area contributed by atoms with Crippen molar-refractivity contribution in [1.29, 1.82) is 5.26 Å². The van der Waals surface area contributed by atoms with Gasteiger partial charge in [-0.15, -0.1) is 0 Å². The van der Waals surface area contributed by atoms with Crippen LogP contribution < -0.4 is 5.73 Å². The SMILES string of the molecule is N#Cc1ccc(-c2[nH]ncc2-c2ccc3ncc(-c4ccc(C(N)=O)cc4)n3c2)cc1. The molecule has 31 heavy (non-hydrogen) atoms. The Labute approximate surface area is 177 Å².